The summed E-state index contributed by atoms with van der Waals surface area (Å²) < 4.78 is 46.7. The maximum Gasteiger partial charge on any atom is 0.408 e. The zero-order valence-electron chi connectivity index (χ0n) is 33.0. The standard InChI is InChI=1S/C42H49N5O9S2/c1-24-18-19-57-36(24)30-21-33(35-34(43-30)28-13-10-11-15-32(28)55-35)54-26-20-31-37(48)45-42(39(50)46-58(52,53)27-16-17-27)22-25(42)12-8-6-5-7-9-14-29(38(49)47(31)23-26)44-40(51)56-41(2,3)4/h8,10-13,15,18-19,21,25-27,29,31H,5-7,9,14,16-17,20,22-23H2,1-4H3,(H,44,51)(H,45,48)(H,46,50)/b12-8-/t25-,26-,29+,31+,42-/m1/s1. The second kappa shape index (κ2) is 15.3. The maximum absolute atomic E-state index is 14.7. The molecule has 2 aliphatic carbocycles. The molecule has 2 saturated carbocycles. The molecule has 0 spiro atoms. The molecule has 3 N–H and O–H groups in total. The van der Waals surface area contributed by atoms with Gasteiger partial charge in [-0.05, 0) is 95.4 Å². The highest BCUT2D eigenvalue weighted by atomic mass is 32.2. The van der Waals surface area contributed by atoms with E-state index in [-0.39, 0.29) is 19.4 Å². The lowest BCUT2D eigenvalue weighted by Gasteiger charge is -2.30. The van der Waals surface area contributed by atoms with Gasteiger partial charge in [-0.15, -0.1) is 11.3 Å². The Labute approximate surface area is 341 Å². The number of aryl methyl sites for hydroxylation is 1. The third-order valence-corrected chi connectivity index (χ3v) is 14.1. The molecule has 2 aliphatic heterocycles. The number of sulfonamides is 1. The molecule has 5 heterocycles. The predicted molar refractivity (Wildman–Crippen MR) is 219 cm³/mol. The summed E-state index contributed by atoms with van der Waals surface area (Å²) in [5, 5.41) is 7.85. The molecular weight excluding hydrogens is 783 g/mol. The van der Waals surface area contributed by atoms with Crippen molar-refractivity contribution in [2.24, 2.45) is 5.92 Å². The van der Waals surface area contributed by atoms with Crippen molar-refractivity contribution in [3.05, 3.63) is 59.5 Å². The van der Waals surface area contributed by atoms with Crippen LogP contribution in [-0.2, 0) is 29.1 Å². The molecule has 0 bridgehead atoms. The second-order valence-electron chi connectivity index (χ2n) is 16.9. The van der Waals surface area contributed by atoms with Gasteiger partial charge in [-0.2, -0.15) is 0 Å². The number of carbonyl (C=O) groups is 4. The van der Waals surface area contributed by atoms with Gasteiger partial charge in [0, 0.05) is 23.8 Å². The fourth-order valence-corrected chi connectivity index (χ4v) is 10.2. The minimum atomic E-state index is -3.91. The van der Waals surface area contributed by atoms with E-state index in [2.05, 4.69) is 15.4 Å². The second-order valence-corrected chi connectivity index (χ2v) is 19.8. The van der Waals surface area contributed by atoms with Crippen LogP contribution >= 0.6 is 11.3 Å². The van der Waals surface area contributed by atoms with E-state index < -0.39 is 74.3 Å². The Bertz CT molecular complexity index is 2410. The Kier molecular flexibility index (Phi) is 10.5. The number of amides is 4. The van der Waals surface area contributed by atoms with Crippen LogP contribution in [-0.4, -0.2) is 83.2 Å². The van der Waals surface area contributed by atoms with Gasteiger partial charge in [0.1, 0.15) is 40.4 Å². The molecule has 14 nitrogen and oxygen atoms in total. The summed E-state index contributed by atoms with van der Waals surface area (Å²) in [5.74, 6) is -1.96. The van der Waals surface area contributed by atoms with E-state index in [0.29, 0.717) is 60.2 Å². The van der Waals surface area contributed by atoms with Crippen molar-refractivity contribution >= 4 is 67.2 Å². The van der Waals surface area contributed by atoms with Crippen LogP contribution in [0, 0.1) is 12.8 Å². The summed E-state index contributed by atoms with van der Waals surface area (Å²) in [5.41, 5.74) is 1.06. The molecule has 1 aromatic carbocycles. The highest BCUT2D eigenvalue weighted by molar-refractivity contribution is 7.91. The number of ether oxygens (including phenoxy) is 2. The normalized spacial score (nSPS) is 26.2. The van der Waals surface area contributed by atoms with E-state index in [4.69, 9.17) is 18.9 Å². The number of fused-ring (bicyclic) bond motifs is 5. The molecular formula is C42H49N5O9S2. The number of hydrogen-bond donors (Lipinski definition) is 3. The zero-order chi connectivity index (χ0) is 41.0. The molecule has 3 aromatic heterocycles. The van der Waals surface area contributed by atoms with Crippen LogP contribution in [0.25, 0.3) is 32.6 Å². The SMILES string of the molecule is Cc1ccsc1-c1cc(O[C@@H]2C[C@H]3C(=O)N[C@]4(C(=O)NS(=O)(=O)C5CC5)C[C@H]4/C=C\CCCCC[C@H](NC(=O)OC(C)(C)C)C(=O)N3C2)c2oc3ccccc3c2n1. The minimum absolute atomic E-state index is 0.0284. The summed E-state index contributed by atoms with van der Waals surface area (Å²) in [6.07, 6.45) is 6.67. The van der Waals surface area contributed by atoms with Crippen LogP contribution < -0.4 is 20.1 Å². The topological polar surface area (TPSA) is 186 Å². The highest BCUT2D eigenvalue weighted by Gasteiger charge is 2.62. The molecule has 4 amide bonds. The molecule has 58 heavy (non-hydrogen) atoms. The average Bonchev–Trinajstić information content (AvgIpc) is 4.00. The fraction of sp³-hybridized carbons (Fsp3) is 0.500. The van der Waals surface area contributed by atoms with E-state index >= 15 is 0 Å². The number of allylic oxidation sites excluding steroid dienone is 1. The lowest BCUT2D eigenvalue weighted by atomic mass is 10.0. The number of pyridine rings is 1. The lowest BCUT2D eigenvalue weighted by Crippen LogP contribution is -2.58. The van der Waals surface area contributed by atoms with Gasteiger partial charge in [0.2, 0.25) is 21.8 Å². The van der Waals surface area contributed by atoms with Crippen molar-refractivity contribution in [3.8, 4) is 16.3 Å². The van der Waals surface area contributed by atoms with Gasteiger partial charge in [0.25, 0.3) is 5.91 Å². The molecule has 16 heteroatoms. The number of furan rings is 1. The first kappa shape index (κ1) is 39.8. The predicted octanol–water partition coefficient (Wildman–Crippen LogP) is 6.26. The molecule has 0 unspecified atom stereocenters. The molecule has 308 valence electrons. The average molecular weight is 832 g/mol. The first-order valence-corrected chi connectivity index (χ1v) is 22.4. The largest absolute Gasteiger partial charge is 0.484 e. The first-order valence-electron chi connectivity index (χ1n) is 20.0. The van der Waals surface area contributed by atoms with Gasteiger partial charge < -0.3 is 29.4 Å². The van der Waals surface area contributed by atoms with Crippen LogP contribution in [0.5, 0.6) is 5.75 Å². The summed E-state index contributed by atoms with van der Waals surface area (Å²) in [6, 6.07) is 9.25. The van der Waals surface area contributed by atoms with Gasteiger partial charge >= 0.3 is 6.09 Å². The number of para-hydroxylation sites is 1. The number of nitrogens with one attached hydrogen (secondary N) is 3. The van der Waals surface area contributed by atoms with Gasteiger partial charge in [0.15, 0.2) is 11.3 Å². The van der Waals surface area contributed by atoms with Crippen LogP contribution in [0.2, 0.25) is 0 Å². The Balaban J connectivity index is 1.15. The maximum atomic E-state index is 14.7. The van der Waals surface area contributed by atoms with Crippen LogP contribution in [0.15, 0.2) is 58.3 Å². The third kappa shape index (κ3) is 8.17. The van der Waals surface area contributed by atoms with E-state index in [1.165, 1.54) is 4.90 Å². The number of alkyl carbamates (subject to hydrolysis) is 1. The molecule has 4 aromatic rings. The first-order chi connectivity index (χ1) is 27.6. The van der Waals surface area contributed by atoms with E-state index in [0.717, 1.165) is 28.7 Å². The Morgan fingerprint density at radius 3 is 2.62 bits per heavy atom. The van der Waals surface area contributed by atoms with Gasteiger partial charge in [0.05, 0.1) is 22.4 Å². The monoisotopic (exact) mass is 831 g/mol. The fourth-order valence-electron chi connectivity index (χ4n) is 7.97. The van der Waals surface area contributed by atoms with Crippen molar-refractivity contribution in [2.75, 3.05) is 6.54 Å². The summed E-state index contributed by atoms with van der Waals surface area (Å²) in [4.78, 5) is 63.6. The number of carbonyl (C=O) groups excluding carboxylic acids is 4. The minimum Gasteiger partial charge on any atom is -0.484 e. The number of rotatable bonds is 7. The van der Waals surface area contributed by atoms with E-state index in [1.807, 2.05) is 60.9 Å². The smallest absolute Gasteiger partial charge is 0.408 e. The number of hydrogen-bond acceptors (Lipinski definition) is 11. The van der Waals surface area contributed by atoms with Gasteiger partial charge in [-0.1, -0.05) is 37.1 Å². The van der Waals surface area contributed by atoms with Crippen molar-refractivity contribution < 1.29 is 41.5 Å². The van der Waals surface area contributed by atoms with Crippen molar-refractivity contribution in [1.82, 2.24) is 25.2 Å². The molecule has 1 saturated heterocycles. The Morgan fingerprint density at radius 1 is 1.09 bits per heavy atom. The quantitative estimate of drug-likeness (QED) is 0.180. The third-order valence-electron chi connectivity index (χ3n) is 11.2. The van der Waals surface area contributed by atoms with Gasteiger partial charge in [-0.25, -0.2) is 18.2 Å². The van der Waals surface area contributed by atoms with Crippen LogP contribution in [0.4, 0.5) is 4.79 Å². The zero-order valence-corrected chi connectivity index (χ0v) is 34.7. The number of nitrogens with zero attached hydrogens (tertiary/aromatic N) is 2. The number of benzene rings is 1. The van der Waals surface area contributed by atoms with Crippen LogP contribution in [0.1, 0.15) is 84.1 Å². The summed E-state index contributed by atoms with van der Waals surface area (Å²) in [6.45, 7) is 7.18. The molecule has 3 fully saturated rings. The van der Waals surface area contributed by atoms with Crippen molar-refractivity contribution in [1.29, 1.82) is 0 Å². The summed E-state index contributed by atoms with van der Waals surface area (Å²) in [7, 11) is -3.91. The van der Waals surface area contributed by atoms with Gasteiger partial charge in [-0.3, -0.25) is 19.1 Å². The number of aromatic nitrogens is 1. The number of thiophene rings is 1. The molecule has 4 aliphatic rings. The summed E-state index contributed by atoms with van der Waals surface area (Å²) >= 11 is 1.55. The lowest BCUT2D eigenvalue weighted by molar-refractivity contribution is -0.141. The van der Waals surface area contributed by atoms with Crippen molar-refractivity contribution in [2.45, 2.75) is 120 Å². The molecule has 0 radical (unpaired) electrons. The van der Waals surface area contributed by atoms with Crippen molar-refractivity contribution in [3.63, 3.8) is 0 Å². The Morgan fingerprint density at radius 2 is 1.88 bits per heavy atom. The van der Waals surface area contributed by atoms with E-state index in [1.54, 1.807) is 32.1 Å². The van der Waals surface area contributed by atoms with E-state index in [9.17, 15) is 27.6 Å². The Hall–Kier alpha value is -4.96. The molecule has 8 rings (SSSR count). The highest BCUT2D eigenvalue weighted by Crippen LogP contribution is 2.46. The molecule has 5 atom stereocenters. The van der Waals surface area contributed by atoms with Crippen LogP contribution in [0.3, 0.4) is 0 Å².